The van der Waals surface area contributed by atoms with E-state index in [1.54, 1.807) is 10.7 Å². The maximum Gasteiger partial charge on any atom is 0.258 e. The summed E-state index contributed by atoms with van der Waals surface area (Å²) < 4.78 is 1.69. The van der Waals surface area contributed by atoms with Crippen molar-refractivity contribution >= 4 is 39.3 Å². The zero-order chi connectivity index (χ0) is 22.1. The van der Waals surface area contributed by atoms with Crippen molar-refractivity contribution in [2.75, 3.05) is 5.32 Å². The van der Waals surface area contributed by atoms with Crippen LogP contribution in [0.25, 0.3) is 22.3 Å². The van der Waals surface area contributed by atoms with Gasteiger partial charge in [0.05, 0.1) is 22.3 Å². The maximum absolute atomic E-state index is 13.0. The predicted octanol–water partition coefficient (Wildman–Crippen LogP) is 3.60. The summed E-state index contributed by atoms with van der Waals surface area (Å²) in [5, 5.41) is 13.2. The number of benzene rings is 1. The monoisotopic (exact) mass is 434 g/mol. The van der Waals surface area contributed by atoms with Gasteiger partial charge in [-0.3, -0.25) is 19.6 Å². The van der Waals surface area contributed by atoms with E-state index in [0.29, 0.717) is 22.9 Å². The lowest BCUT2D eigenvalue weighted by atomic mass is 10.1. The molecule has 3 heterocycles. The Labute approximate surface area is 183 Å². The first kappa shape index (κ1) is 20.7. The van der Waals surface area contributed by atoms with Gasteiger partial charge >= 0.3 is 0 Å². The van der Waals surface area contributed by atoms with Crippen molar-refractivity contribution in [1.82, 2.24) is 25.1 Å². The Kier molecular flexibility index (Phi) is 5.51. The molecule has 0 saturated carbocycles. The normalized spacial score (nSPS) is 11.0. The first-order valence-electron chi connectivity index (χ1n) is 9.73. The first-order chi connectivity index (χ1) is 14.8. The quantitative estimate of drug-likeness (QED) is 0.500. The minimum Gasteiger partial charge on any atom is -0.352 e. The first-order valence-corrected chi connectivity index (χ1v) is 10.6. The van der Waals surface area contributed by atoms with Crippen molar-refractivity contribution < 1.29 is 9.59 Å². The summed E-state index contributed by atoms with van der Waals surface area (Å²) in [6.07, 6.45) is 0. The largest absolute Gasteiger partial charge is 0.352 e. The maximum atomic E-state index is 13.0. The Bertz CT molecular complexity index is 1290. The van der Waals surface area contributed by atoms with Gasteiger partial charge in [0, 0.05) is 37.2 Å². The zero-order valence-corrected chi connectivity index (χ0v) is 18.5. The average Bonchev–Trinajstić information content (AvgIpc) is 3.30. The molecule has 8 nitrogen and oxygen atoms in total. The molecule has 4 aromatic rings. The SMILES string of the molecule is CC(=O)NCc1ccc(-c2csc(NC(=O)c3cc(C)nc4c3c(C)nn4C)n2)cc1. The van der Waals surface area contributed by atoms with E-state index in [2.05, 4.69) is 25.7 Å². The topological polar surface area (TPSA) is 102 Å². The number of hydrogen-bond donors (Lipinski definition) is 2. The number of pyridine rings is 1. The molecule has 3 aromatic heterocycles. The number of hydrogen-bond acceptors (Lipinski definition) is 6. The van der Waals surface area contributed by atoms with Crippen LogP contribution in [-0.4, -0.2) is 31.6 Å². The van der Waals surface area contributed by atoms with Crippen molar-refractivity contribution in [2.24, 2.45) is 7.05 Å². The molecule has 4 rings (SSSR count). The second-order valence-electron chi connectivity index (χ2n) is 7.32. The fourth-order valence-corrected chi connectivity index (χ4v) is 4.11. The lowest BCUT2D eigenvalue weighted by molar-refractivity contribution is -0.119. The fraction of sp³-hybridized carbons (Fsp3) is 0.227. The highest BCUT2D eigenvalue weighted by atomic mass is 32.1. The second kappa shape index (κ2) is 8.27. The number of carbonyl (C=O) groups excluding carboxylic acids is 2. The minimum absolute atomic E-state index is 0.0629. The van der Waals surface area contributed by atoms with Gasteiger partial charge in [-0.05, 0) is 25.5 Å². The van der Waals surface area contributed by atoms with E-state index in [9.17, 15) is 9.59 Å². The van der Waals surface area contributed by atoms with Crippen LogP contribution < -0.4 is 10.6 Å². The number of nitrogens with one attached hydrogen (secondary N) is 2. The number of anilines is 1. The summed E-state index contributed by atoms with van der Waals surface area (Å²) in [5.74, 6) is -0.301. The molecule has 2 amide bonds. The highest BCUT2D eigenvalue weighted by Crippen LogP contribution is 2.27. The summed E-state index contributed by atoms with van der Waals surface area (Å²) in [6, 6.07) is 9.57. The Morgan fingerprint density at radius 2 is 1.87 bits per heavy atom. The van der Waals surface area contributed by atoms with Crippen molar-refractivity contribution in [3.05, 3.63) is 58.2 Å². The molecule has 0 unspecified atom stereocenters. The third kappa shape index (κ3) is 4.31. The number of thiazole rings is 1. The highest BCUT2D eigenvalue weighted by molar-refractivity contribution is 7.14. The lowest BCUT2D eigenvalue weighted by Crippen LogP contribution is -2.18. The Morgan fingerprint density at radius 1 is 1.13 bits per heavy atom. The van der Waals surface area contributed by atoms with Crippen LogP contribution in [0.4, 0.5) is 5.13 Å². The third-order valence-corrected chi connectivity index (χ3v) is 5.61. The van der Waals surface area contributed by atoms with Crippen LogP contribution in [0.15, 0.2) is 35.7 Å². The van der Waals surface area contributed by atoms with Crippen LogP contribution >= 0.6 is 11.3 Å². The van der Waals surface area contributed by atoms with Crippen LogP contribution in [0.2, 0.25) is 0 Å². The van der Waals surface area contributed by atoms with Gasteiger partial charge in [0.1, 0.15) is 0 Å². The number of amides is 2. The van der Waals surface area contributed by atoms with Gasteiger partial charge in [0.15, 0.2) is 10.8 Å². The third-order valence-electron chi connectivity index (χ3n) is 4.86. The molecular formula is C22H22N6O2S. The van der Waals surface area contributed by atoms with E-state index < -0.39 is 0 Å². The summed E-state index contributed by atoms with van der Waals surface area (Å²) in [5.41, 5.74) is 5.45. The number of carbonyl (C=O) groups is 2. The number of rotatable bonds is 5. The number of aryl methyl sites for hydroxylation is 3. The van der Waals surface area contributed by atoms with Crippen LogP contribution in [0, 0.1) is 13.8 Å². The second-order valence-corrected chi connectivity index (χ2v) is 8.18. The molecule has 158 valence electrons. The Balaban J connectivity index is 1.54. The molecule has 1 aromatic carbocycles. The van der Waals surface area contributed by atoms with Crippen molar-refractivity contribution in [3.8, 4) is 11.3 Å². The van der Waals surface area contributed by atoms with Crippen LogP contribution in [-0.2, 0) is 18.4 Å². The Morgan fingerprint density at radius 3 is 2.58 bits per heavy atom. The molecule has 0 spiro atoms. The van der Waals surface area contributed by atoms with Crippen molar-refractivity contribution in [3.63, 3.8) is 0 Å². The summed E-state index contributed by atoms with van der Waals surface area (Å²) in [7, 11) is 1.82. The summed E-state index contributed by atoms with van der Waals surface area (Å²) >= 11 is 1.37. The molecule has 0 aliphatic rings. The van der Waals surface area contributed by atoms with E-state index in [1.165, 1.54) is 18.3 Å². The number of fused-ring (bicyclic) bond motifs is 1. The molecule has 0 radical (unpaired) electrons. The molecule has 2 N–H and O–H groups in total. The molecule has 9 heteroatoms. The summed E-state index contributed by atoms with van der Waals surface area (Å²) in [6.45, 7) is 5.71. The molecular weight excluding hydrogens is 412 g/mol. The van der Waals surface area contributed by atoms with Gasteiger partial charge < -0.3 is 5.32 Å². The molecule has 0 aliphatic carbocycles. The average molecular weight is 435 g/mol. The highest BCUT2D eigenvalue weighted by Gasteiger charge is 2.19. The van der Waals surface area contributed by atoms with Crippen molar-refractivity contribution in [1.29, 1.82) is 0 Å². The molecule has 0 fully saturated rings. The van der Waals surface area contributed by atoms with E-state index in [1.807, 2.05) is 50.5 Å². The van der Waals surface area contributed by atoms with E-state index in [4.69, 9.17) is 0 Å². The van der Waals surface area contributed by atoms with E-state index in [0.717, 1.165) is 33.6 Å². The molecule has 31 heavy (non-hydrogen) atoms. The van der Waals surface area contributed by atoms with Crippen LogP contribution in [0.5, 0.6) is 0 Å². The summed E-state index contributed by atoms with van der Waals surface area (Å²) in [4.78, 5) is 33.1. The van der Waals surface area contributed by atoms with Gasteiger partial charge in [0.2, 0.25) is 5.91 Å². The molecule has 0 atom stereocenters. The molecule has 0 bridgehead atoms. The zero-order valence-electron chi connectivity index (χ0n) is 17.7. The standard InChI is InChI=1S/C22H22N6O2S/c1-12-9-17(19-13(2)27-28(4)20(19)24-12)21(30)26-22-25-18(11-31-22)16-7-5-15(6-8-16)10-23-14(3)29/h5-9,11H,10H2,1-4H3,(H,23,29)(H,25,26,30). The number of nitrogens with zero attached hydrogens (tertiary/aromatic N) is 4. The lowest BCUT2D eigenvalue weighted by Gasteiger charge is -2.06. The van der Waals surface area contributed by atoms with Gasteiger partial charge in [-0.1, -0.05) is 24.3 Å². The molecule has 0 aliphatic heterocycles. The molecule has 0 saturated heterocycles. The van der Waals surface area contributed by atoms with Crippen LogP contribution in [0.3, 0.4) is 0 Å². The van der Waals surface area contributed by atoms with Crippen LogP contribution in [0.1, 0.15) is 34.2 Å². The Hall–Kier alpha value is -3.59. The smallest absolute Gasteiger partial charge is 0.258 e. The van der Waals surface area contributed by atoms with Crippen molar-refractivity contribution in [2.45, 2.75) is 27.3 Å². The number of aromatic nitrogens is 4. The minimum atomic E-state index is -0.238. The van der Waals surface area contributed by atoms with E-state index in [-0.39, 0.29) is 11.8 Å². The van der Waals surface area contributed by atoms with Gasteiger partial charge in [-0.25, -0.2) is 9.97 Å². The van der Waals surface area contributed by atoms with Gasteiger partial charge in [-0.15, -0.1) is 11.3 Å². The fourth-order valence-electron chi connectivity index (χ4n) is 3.40. The predicted molar refractivity (Wildman–Crippen MR) is 121 cm³/mol. The van der Waals surface area contributed by atoms with E-state index >= 15 is 0 Å². The van der Waals surface area contributed by atoms with Gasteiger partial charge in [0.25, 0.3) is 5.91 Å². The van der Waals surface area contributed by atoms with Gasteiger partial charge in [-0.2, -0.15) is 5.10 Å².